The Morgan fingerprint density at radius 2 is 1.88 bits per heavy atom. The first-order valence-electron chi connectivity index (χ1n) is 8.79. The number of aryl methyl sites for hydroxylation is 1. The molecule has 2 N–H and O–H groups in total. The maximum Gasteiger partial charge on any atom is 0.405 e. The number of rotatable bonds is 2. The number of fused-ring (bicyclic) bond motifs is 2. The molecule has 1 unspecified atom stereocenters. The Kier molecular flexibility index (Phi) is 3.71. The summed E-state index contributed by atoms with van der Waals surface area (Å²) < 4.78 is 11.1. The van der Waals surface area contributed by atoms with E-state index < -0.39 is 6.09 Å². The first-order chi connectivity index (χ1) is 11.9. The van der Waals surface area contributed by atoms with Gasteiger partial charge in [-0.15, -0.1) is 0 Å². The van der Waals surface area contributed by atoms with Gasteiger partial charge >= 0.3 is 6.09 Å². The Labute approximate surface area is 147 Å². The zero-order chi connectivity index (χ0) is 17.6. The first-order valence-corrected chi connectivity index (χ1v) is 8.79. The molecule has 4 heteroatoms. The zero-order valence-corrected chi connectivity index (χ0v) is 14.7. The van der Waals surface area contributed by atoms with Crippen LogP contribution in [0.15, 0.2) is 36.4 Å². The number of amides is 1. The second kappa shape index (κ2) is 5.80. The van der Waals surface area contributed by atoms with Crippen molar-refractivity contribution in [3.63, 3.8) is 0 Å². The third-order valence-electron chi connectivity index (χ3n) is 5.26. The fourth-order valence-corrected chi connectivity index (χ4v) is 4.08. The molecule has 1 amide bonds. The van der Waals surface area contributed by atoms with Gasteiger partial charge in [0.05, 0.1) is 6.61 Å². The van der Waals surface area contributed by atoms with Crippen LogP contribution in [-0.4, -0.2) is 12.7 Å². The quantitative estimate of drug-likeness (QED) is 0.883. The second-order valence-corrected chi connectivity index (χ2v) is 7.67. The lowest BCUT2D eigenvalue weighted by Gasteiger charge is -2.26. The molecular weight excluding hydrogens is 314 g/mol. The van der Waals surface area contributed by atoms with Gasteiger partial charge in [0.25, 0.3) is 0 Å². The average molecular weight is 337 g/mol. The molecule has 0 saturated carbocycles. The van der Waals surface area contributed by atoms with E-state index >= 15 is 0 Å². The highest BCUT2D eigenvalue weighted by molar-refractivity contribution is 5.69. The van der Waals surface area contributed by atoms with Crippen LogP contribution in [0.3, 0.4) is 0 Å². The molecule has 0 fully saturated rings. The fourth-order valence-electron chi connectivity index (χ4n) is 4.08. The van der Waals surface area contributed by atoms with Crippen LogP contribution in [-0.2, 0) is 17.6 Å². The van der Waals surface area contributed by atoms with E-state index in [4.69, 9.17) is 15.2 Å². The van der Waals surface area contributed by atoms with Crippen LogP contribution in [0.25, 0.3) is 11.1 Å². The van der Waals surface area contributed by atoms with Crippen molar-refractivity contribution in [1.82, 2.24) is 0 Å². The monoisotopic (exact) mass is 337 g/mol. The van der Waals surface area contributed by atoms with Crippen LogP contribution in [0.1, 0.15) is 43.1 Å². The van der Waals surface area contributed by atoms with Gasteiger partial charge in [0.15, 0.2) is 0 Å². The molecule has 1 atom stereocenters. The molecule has 0 saturated heterocycles. The van der Waals surface area contributed by atoms with Gasteiger partial charge in [-0.2, -0.15) is 0 Å². The zero-order valence-electron chi connectivity index (χ0n) is 14.7. The Morgan fingerprint density at radius 1 is 1.16 bits per heavy atom. The molecule has 4 nitrogen and oxygen atoms in total. The standard InChI is InChI=1S/C21H23NO3/c1-21(2)12-16-11-13(5-7-17(16)19(21)25-20(22)23)14-6-8-18-15(10-14)4-3-9-24-18/h5-8,10-11,19H,3-4,9,12H2,1-2H3,(H2,22,23). The minimum atomic E-state index is -0.718. The number of benzene rings is 2. The minimum Gasteiger partial charge on any atom is -0.493 e. The van der Waals surface area contributed by atoms with Crippen LogP contribution in [0, 0.1) is 5.41 Å². The molecule has 25 heavy (non-hydrogen) atoms. The van der Waals surface area contributed by atoms with Gasteiger partial charge < -0.3 is 15.2 Å². The summed E-state index contributed by atoms with van der Waals surface area (Å²) >= 11 is 0. The average Bonchev–Trinajstić information content (AvgIpc) is 2.83. The second-order valence-electron chi connectivity index (χ2n) is 7.67. The maximum atomic E-state index is 11.3. The van der Waals surface area contributed by atoms with E-state index in [2.05, 4.69) is 50.2 Å². The lowest BCUT2D eigenvalue weighted by molar-refractivity contribution is 0.0392. The largest absolute Gasteiger partial charge is 0.493 e. The number of carbonyl (C=O) groups is 1. The SMILES string of the molecule is CC1(C)Cc2cc(-c3ccc4c(c3)CCCO4)ccc2C1OC(N)=O. The fraction of sp³-hybridized carbons (Fsp3) is 0.381. The number of ether oxygens (including phenoxy) is 2. The van der Waals surface area contributed by atoms with Crippen molar-refractivity contribution in [2.24, 2.45) is 11.1 Å². The molecule has 0 radical (unpaired) electrons. The summed E-state index contributed by atoms with van der Waals surface area (Å²) in [6, 6.07) is 12.8. The number of hydrogen-bond acceptors (Lipinski definition) is 3. The molecule has 2 aliphatic rings. The number of nitrogens with two attached hydrogens (primary N) is 1. The van der Waals surface area contributed by atoms with Gasteiger partial charge in [0.2, 0.25) is 0 Å². The molecule has 0 aromatic heterocycles. The smallest absolute Gasteiger partial charge is 0.405 e. The maximum absolute atomic E-state index is 11.3. The normalized spacial score (nSPS) is 20.3. The van der Waals surface area contributed by atoms with E-state index in [0.717, 1.165) is 37.2 Å². The summed E-state index contributed by atoms with van der Waals surface area (Å²) in [6.45, 7) is 5.02. The predicted octanol–water partition coefficient (Wildman–Crippen LogP) is 4.40. The molecule has 1 aliphatic heterocycles. The van der Waals surface area contributed by atoms with Crippen molar-refractivity contribution in [3.8, 4) is 16.9 Å². The van der Waals surface area contributed by atoms with Crippen LogP contribution < -0.4 is 10.5 Å². The van der Waals surface area contributed by atoms with Gasteiger partial charge in [-0.05, 0) is 59.2 Å². The highest BCUT2D eigenvalue weighted by Crippen LogP contribution is 2.48. The number of primary amides is 1. The summed E-state index contributed by atoms with van der Waals surface area (Å²) in [7, 11) is 0. The first kappa shape index (κ1) is 16.0. The lowest BCUT2D eigenvalue weighted by atomic mass is 9.87. The molecular formula is C21H23NO3. The Morgan fingerprint density at radius 3 is 2.64 bits per heavy atom. The van der Waals surface area contributed by atoms with Gasteiger partial charge in [0.1, 0.15) is 11.9 Å². The van der Waals surface area contributed by atoms with Crippen molar-refractivity contribution < 1.29 is 14.3 Å². The van der Waals surface area contributed by atoms with Crippen molar-refractivity contribution in [1.29, 1.82) is 0 Å². The van der Waals surface area contributed by atoms with E-state index in [1.54, 1.807) is 0 Å². The summed E-state index contributed by atoms with van der Waals surface area (Å²) in [4.78, 5) is 11.3. The van der Waals surface area contributed by atoms with Crippen molar-refractivity contribution in [2.75, 3.05) is 6.61 Å². The summed E-state index contributed by atoms with van der Waals surface area (Å²) in [6.07, 6.45) is 1.99. The molecule has 130 valence electrons. The summed E-state index contributed by atoms with van der Waals surface area (Å²) in [5.41, 5.74) is 11.1. The molecule has 2 aromatic rings. The van der Waals surface area contributed by atoms with Crippen LogP contribution in [0.5, 0.6) is 5.75 Å². The molecule has 2 aromatic carbocycles. The van der Waals surface area contributed by atoms with E-state index in [1.165, 1.54) is 22.3 Å². The summed E-state index contributed by atoms with van der Waals surface area (Å²) in [5.74, 6) is 1.01. The van der Waals surface area contributed by atoms with Crippen LogP contribution in [0.2, 0.25) is 0 Å². The van der Waals surface area contributed by atoms with Gasteiger partial charge in [-0.3, -0.25) is 0 Å². The van der Waals surface area contributed by atoms with Crippen LogP contribution >= 0.6 is 0 Å². The van der Waals surface area contributed by atoms with E-state index in [9.17, 15) is 4.79 Å². The van der Waals surface area contributed by atoms with Gasteiger partial charge in [0, 0.05) is 5.41 Å². The van der Waals surface area contributed by atoms with Crippen LogP contribution in [0.4, 0.5) is 4.79 Å². The third-order valence-corrected chi connectivity index (χ3v) is 5.26. The number of hydrogen-bond donors (Lipinski definition) is 1. The molecule has 0 spiro atoms. The minimum absolute atomic E-state index is 0.153. The summed E-state index contributed by atoms with van der Waals surface area (Å²) in [5, 5.41) is 0. The predicted molar refractivity (Wildman–Crippen MR) is 96.6 cm³/mol. The van der Waals surface area contributed by atoms with E-state index in [0.29, 0.717) is 0 Å². The van der Waals surface area contributed by atoms with Crippen molar-refractivity contribution in [3.05, 3.63) is 53.1 Å². The number of carbonyl (C=O) groups excluding carboxylic acids is 1. The molecule has 4 rings (SSSR count). The Balaban J connectivity index is 1.70. The van der Waals surface area contributed by atoms with Crippen molar-refractivity contribution in [2.45, 2.75) is 39.2 Å². The molecule has 1 aliphatic carbocycles. The van der Waals surface area contributed by atoms with E-state index in [1.807, 2.05) is 0 Å². The lowest BCUT2D eigenvalue weighted by Crippen LogP contribution is -2.25. The molecule has 0 bridgehead atoms. The highest BCUT2D eigenvalue weighted by atomic mass is 16.6. The topological polar surface area (TPSA) is 61.6 Å². The van der Waals surface area contributed by atoms with Gasteiger partial charge in [-0.1, -0.05) is 38.1 Å². The van der Waals surface area contributed by atoms with Crippen molar-refractivity contribution >= 4 is 6.09 Å². The Bertz CT molecular complexity index is 841. The highest BCUT2D eigenvalue weighted by Gasteiger charge is 2.41. The third kappa shape index (κ3) is 2.86. The van der Waals surface area contributed by atoms with E-state index in [-0.39, 0.29) is 11.5 Å². The molecule has 1 heterocycles. The van der Waals surface area contributed by atoms with Gasteiger partial charge in [-0.25, -0.2) is 4.79 Å². The Hall–Kier alpha value is -2.49.